The van der Waals surface area contributed by atoms with E-state index in [9.17, 15) is 4.79 Å². The fourth-order valence-corrected chi connectivity index (χ4v) is 1.33. The fraction of sp³-hybridized carbons (Fsp3) is 0.727. The number of hydrogen-bond acceptors (Lipinski definition) is 4. The van der Waals surface area contributed by atoms with Crippen LogP contribution in [0.3, 0.4) is 0 Å². The van der Waals surface area contributed by atoms with E-state index >= 15 is 0 Å². The first-order valence-electron chi connectivity index (χ1n) is 5.32. The van der Waals surface area contributed by atoms with E-state index in [0.717, 1.165) is 12.8 Å². The summed E-state index contributed by atoms with van der Waals surface area (Å²) in [5, 5.41) is 3.88. The minimum atomic E-state index is -0.121. The molecule has 0 radical (unpaired) electrons. The number of Topliss-reactive ketones (excluding diaryl/α,β-unsaturated/α-hetero) is 1. The minimum Gasteiger partial charge on any atom is -0.339 e. The highest BCUT2D eigenvalue weighted by atomic mass is 16.5. The van der Waals surface area contributed by atoms with Crippen molar-refractivity contribution in [2.75, 3.05) is 0 Å². The number of carbonyl (C=O) groups excluding carboxylic acids is 1. The summed E-state index contributed by atoms with van der Waals surface area (Å²) in [6, 6.07) is 0. The molecule has 0 N–H and O–H groups in total. The van der Waals surface area contributed by atoms with Crippen LogP contribution in [0.2, 0.25) is 0 Å². The number of nitrogens with zero attached hydrogens (tertiary/aromatic N) is 2. The number of carbonyl (C=O) groups is 1. The number of rotatable bonds is 3. The van der Waals surface area contributed by atoms with E-state index in [-0.39, 0.29) is 17.1 Å². The van der Waals surface area contributed by atoms with Gasteiger partial charge in [-0.1, -0.05) is 25.9 Å². The Kier molecular flexibility index (Phi) is 2.37. The van der Waals surface area contributed by atoms with Gasteiger partial charge >= 0.3 is 0 Å². The summed E-state index contributed by atoms with van der Waals surface area (Å²) in [6.45, 7) is 6.05. The first-order chi connectivity index (χ1) is 6.97. The van der Waals surface area contributed by atoms with E-state index in [4.69, 9.17) is 4.52 Å². The third kappa shape index (κ3) is 2.43. The molecule has 1 aromatic rings. The summed E-state index contributed by atoms with van der Waals surface area (Å²) < 4.78 is 5.06. The minimum absolute atomic E-state index is 0.121. The van der Waals surface area contributed by atoms with Crippen molar-refractivity contribution in [1.82, 2.24) is 10.1 Å². The van der Waals surface area contributed by atoms with E-state index in [1.165, 1.54) is 0 Å². The molecule has 0 atom stereocenters. The van der Waals surface area contributed by atoms with E-state index in [2.05, 4.69) is 10.1 Å². The molecule has 2 rings (SSSR count). The van der Waals surface area contributed by atoms with Crippen molar-refractivity contribution < 1.29 is 9.32 Å². The van der Waals surface area contributed by atoms with E-state index < -0.39 is 0 Å². The number of hydrogen-bond donors (Lipinski definition) is 0. The van der Waals surface area contributed by atoms with Crippen molar-refractivity contribution in [3.63, 3.8) is 0 Å². The summed E-state index contributed by atoms with van der Waals surface area (Å²) in [5.74, 6) is 1.62. The molecule has 0 aliphatic heterocycles. The maximum atomic E-state index is 11.5. The Balaban J connectivity index is 2.03. The Morgan fingerprint density at radius 3 is 2.60 bits per heavy atom. The van der Waals surface area contributed by atoms with Crippen molar-refractivity contribution >= 4 is 5.78 Å². The molecule has 0 spiro atoms. The standard InChI is InChI=1S/C11H16N2O2/c1-11(2,3)10-12-9(15-13-10)6-8(14)7-4-5-7/h7H,4-6H2,1-3H3. The molecular formula is C11H16N2O2. The van der Waals surface area contributed by atoms with E-state index in [0.29, 0.717) is 18.1 Å². The Labute approximate surface area is 89.1 Å². The average Bonchev–Trinajstić information content (AvgIpc) is 2.86. The molecule has 15 heavy (non-hydrogen) atoms. The molecule has 1 fully saturated rings. The van der Waals surface area contributed by atoms with E-state index in [1.807, 2.05) is 20.8 Å². The number of ketones is 1. The summed E-state index contributed by atoms with van der Waals surface area (Å²) in [5.41, 5.74) is -0.121. The lowest BCUT2D eigenvalue weighted by atomic mass is 9.96. The third-order valence-electron chi connectivity index (χ3n) is 2.50. The van der Waals surface area contributed by atoms with Gasteiger partial charge in [-0.15, -0.1) is 0 Å². The topological polar surface area (TPSA) is 56.0 Å². The normalized spacial score (nSPS) is 16.7. The first-order valence-corrected chi connectivity index (χ1v) is 5.32. The van der Waals surface area contributed by atoms with Gasteiger partial charge in [-0.2, -0.15) is 4.98 Å². The smallest absolute Gasteiger partial charge is 0.234 e. The second-order valence-electron chi connectivity index (χ2n) is 5.18. The third-order valence-corrected chi connectivity index (χ3v) is 2.50. The van der Waals surface area contributed by atoms with Gasteiger partial charge in [0, 0.05) is 11.3 Å². The SMILES string of the molecule is CC(C)(C)c1noc(CC(=O)C2CC2)n1. The van der Waals surface area contributed by atoms with Crippen LogP contribution in [0.25, 0.3) is 0 Å². The fourth-order valence-electron chi connectivity index (χ4n) is 1.33. The Bertz CT molecular complexity index is 372. The van der Waals surface area contributed by atoms with Crippen molar-refractivity contribution in [2.45, 2.75) is 45.4 Å². The van der Waals surface area contributed by atoms with Crippen LogP contribution in [0, 0.1) is 5.92 Å². The zero-order valence-corrected chi connectivity index (χ0v) is 9.41. The quantitative estimate of drug-likeness (QED) is 0.761. The molecule has 82 valence electrons. The predicted octanol–water partition coefficient (Wildman–Crippen LogP) is 1.89. The highest BCUT2D eigenvalue weighted by Gasteiger charge is 2.31. The molecule has 1 saturated carbocycles. The summed E-state index contributed by atoms with van der Waals surface area (Å²) in [6.07, 6.45) is 2.35. The maximum Gasteiger partial charge on any atom is 0.234 e. The second kappa shape index (κ2) is 3.43. The van der Waals surface area contributed by atoms with Crippen molar-refractivity contribution in [3.8, 4) is 0 Å². The van der Waals surface area contributed by atoms with Gasteiger partial charge in [-0.05, 0) is 12.8 Å². The van der Waals surface area contributed by atoms with Crippen LogP contribution in [0.4, 0.5) is 0 Å². The molecule has 1 aliphatic carbocycles. The predicted molar refractivity (Wildman–Crippen MR) is 54.4 cm³/mol. The average molecular weight is 208 g/mol. The zero-order valence-electron chi connectivity index (χ0n) is 9.41. The molecule has 4 heteroatoms. The molecule has 0 aromatic carbocycles. The van der Waals surface area contributed by atoms with Crippen LogP contribution in [0.5, 0.6) is 0 Å². The van der Waals surface area contributed by atoms with Crippen LogP contribution in [-0.2, 0) is 16.6 Å². The van der Waals surface area contributed by atoms with Crippen LogP contribution < -0.4 is 0 Å². The highest BCUT2D eigenvalue weighted by molar-refractivity contribution is 5.84. The van der Waals surface area contributed by atoms with Crippen molar-refractivity contribution in [2.24, 2.45) is 5.92 Å². The van der Waals surface area contributed by atoms with Gasteiger partial charge in [0.05, 0.1) is 6.42 Å². The molecule has 0 unspecified atom stereocenters. The molecule has 1 aromatic heterocycles. The largest absolute Gasteiger partial charge is 0.339 e. The molecule has 0 amide bonds. The molecular weight excluding hydrogens is 192 g/mol. The Morgan fingerprint density at radius 2 is 2.13 bits per heavy atom. The van der Waals surface area contributed by atoms with Crippen LogP contribution in [0.15, 0.2) is 4.52 Å². The van der Waals surface area contributed by atoms with Gasteiger partial charge in [0.15, 0.2) is 5.82 Å². The Morgan fingerprint density at radius 1 is 1.47 bits per heavy atom. The van der Waals surface area contributed by atoms with Gasteiger partial charge in [0.1, 0.15) is 5.78 Å². The summed E-state index contributed by atoms with van der Waals surface area (Å²) >= 11 is 0. The molecule has 4 nitrogen and oxygen atoms in total. The molecule has 0 bridgehead atoms. The van der Waals surface area contributed by atoms with Gasteiger partial charge in [-0.3, -0.25) is 4.79 Å². The summed E-state index contributed by atoms with van der Waals surface area (Å²) in [7, 11) is 0. The van der Waals surface area contributed by atoms with Crippen LogP contribution in [-0.4, -0.2) is 15.9 Å². The van der Waals surface area contributed by atoms with E-state index in [1.54, 1.807) is 0 Å². The van der Waals surface area contributed by atoms with Crippen LogP contribution in [0.1, 0.15) is 45.3 Å². The monoisotopic (exact) mass is 208 g/mol. The first kappa shape index (κ1) is 10.3. The van der Waals surface area contributed by atoms with Crippen molar-refractivity contribution in [1.29, 1.82) is 0 Å². The van der Waals surface area contributed by atoms with Gasteiger partial charge < -0.3 is 4.52 Å². The van der Waals surface area contributed by atoms with Gasteiger partial charge in [0.2, 0.25) is 5.89 Å². The maximum absolute atomic E-state index is 11.5. The second-order valence-corrected chi connectivity index (χ2v) is 5.18. The lowest BCUT2D eigenvalue weighted by molar-refractivity contribution is -0.119. The lowest BCUT2D eigenvalue weighted by Crippen LogP contribution is -2.13. The Hall–Kier alpha value is -1.19. The number of aromatic nitrogens is 2. The molecule has 1 aliphatic rings. The lowest BCUT2D eigenvalue weighted by Gasteiger charge is -2.10. The van der Waals surface area contributed by atoms with Gasteiger partial charge in [-0.25, -0.2) is 0 Å². The molecule has 1 heterocycles. The van der Waals surface area contributed by atoms with Crippen LogP contribution >= 0.6 is 0 Å². The van der Waals surface area contributed by atoms with Crippen molar-refractivity contribution in [3.05, 3.63) is 11.7 Å². The molecule has 0 saturated heterocycles. The summed E-state index contributed by atoms with van der Waals surface area (Å²) in [4.78, 5) is 15.7. The highest BCUT2D eigenvalue weighted by Crippen LogP contribution is 2.31. The zero-order chi connectivity index (χ0) is 11.1. The van der Waals surface area contributed by atoms with Gasteiger partial charge in [0.25, 0.3) is 0 Å².